The van der Waals surface area contributed by atoms with Gasteiger partial charge in [-0.25, -0.2) is 4.39 Å². The molecule has 1 aromatic carbocycles. The molecule has 0 radical (unpaired) electrons. The van der Waals surface area contributed by atoms with Crippen molar-refractivity contribution in [1.82, 2.24) is 10.2 Å². The largest absolute Gasteiger partial charge is 0.489 e. The van der Waals surface area contributed by atoms with Crippen LogP contribution in [0.15, 0.2) is 29.3 Å². The second-order valence-electron chi connectivity index (χ2n) is 5.69. The van der Waals surface area contributed by atoms with Gasteiger partial charge >= 0.3 is 0 Å². The normalized spacial score (nSPS) is 14.0. The minimum Gasteiger partial charge on any atom is -0.489 e. The first-order valence-electron chi connectivity index (χ1n) is 8.07. The van der Waals surface area contributed by atoms with Gasteiger partial charge in [0, 0.05) is 27.2 Å². The molecular formula is C17H27FIN3O2. The fraction of sp³-hybridized carbons (Fsp3) is 0.588. The lowest BCUT2D eigenvalue weighted by Crippen LogP contribution is -2.42. The van der Waals surface area contributed by atoms with Gasteiger partial charge in [-0.2, -0.15) is 0 Å². The highest BCUT2D eigenvalue weighted by atomic mass is 127. The van der Waals surface area contributed by atoms with E-state index < -0.39 is 0 Å². The molecule has 24 heavy (non-hydrogen) atoms. The molecular weight excluding hydrogens is 424 g/mol. The van der Waals surface area contributed by atoms with Crippen molar-refractivity contribution < 1.29 is 13.9 Å². The van der Waals surface area contributed by atoms with Gasteiger partial charge in [-0.3, -0.25) is 4.99 Å². The van der Waals surface area contributed by atoms with E-state index in [0.29, 0.717) is 19.8 Å². The molecule has 5 nitrogen and oxygen atoms in total. The zero-order valence-electron chi connectivity index (χ0n) is 14.3. The highest BCUT2D eigenvalue weighted by Crippen LogP contribution is 2.28. The van der Waals surface area contributed by atoms with Crippen LogP contribution in [0.1, 0.15) is 12.8 Å². The molecule has 1 aromatic rings. The molecule has 0 unspecified atom stereocenters. The summed E-state index contributed by atoms with van der Waals surface area (Å²) in [5.41, 5.74) is 0. The Morgan fingerprint density at radius 1 is 1.33 bits per heavy atom. The van der Waals surface area contributed by atoms with Crippen molar-refractivity contribution in [2.75, 3.05) is 47.0 Å². The third kappa shape index (κ3) is 7.65. The molecule has 1 fully saturated rings. The number of aliphatic imine (C=N–C) groups is 1. The molecule has 0 spiro atoms. The van der Waals surface area contributed by atoms with Crippen LogP contribution in [-0.2, 0) is 4.74 Å². The number of nitrogens with one attached hydrogen (secondary N) is 1. The Balaban J connectivity index is 0.00000288. The van der Waals surface area contributed by atoms with Gasteiger partial charge in [0.2, 0.25) is 0 Å². The number of likely N-dealkylation sites (N-methyl/N-ethyl adjacent to an activating group) is 1. The summed E-state index contributed by atoms with van der Waals surface area (Å²) >= 11 is 0. The highest BCUT2D eigenvalue weighted by Gasteiger charge is 2.20. The number of hydrogen-bond donors (Lipinski definition) is 1. The number of para-hydroxylation sites is 1. The third-order valence-corrected chi connectivity index (χ3v) is 3.67. The average Bonchev–Trinajstić information content (AvgIpc) is 3.37. The standard InChI is InChI=1S/C17H26FN3O2.HI/c1-19-17(20-9-11-22-13-14-7-8-14)21(2)10-12-23-16-6-4-3-5-15(16)18;/h3-6,14H,7-13H2,1-2H3,(H,19,20);1H. The zero-order chi connectivity index (χ0) is 16.5. The molecule has 0 atom stereocenters. The van der Waals surface area contributed by atoms with Crippen molar-refractivity contribution in [3.8, 4) is 5.75 Å². The van der Waals surface area contributed by atoms with E-state index in [1.807, 2.05) is 11.9 Å². The maximum absolute atomic E-state index is 13.5. The van der Waals surface area contributed by atoms with Gasteiger partial charge in [-0.1, -0.05) is 12.1 Å². The van der Waals surface area contributed by atoms with Crippen LogP contribution in [0.3, 0.4) is 0 Å². The van der Waals surface area contributed by atoms with E-state index in [2.05, 4.69) is 10.3 Å². The van der Waals surface area contributed by atoms with Crippen molar-refractivity contribution in [3.63, 3.8) is 0 Å². The zero-order valence-corrected chi connectivity index (χ0v) is 16.7. The summed E-state index contributed by atoms with van der Waals surface area (Å²) in [4.78, 5) is 6.17. The highest BCUT2D eigenvalue weighted by molar-refractivity contribution is 14.0. The third-order valence-electron chi connectivity index (χ3n) is 3.67. The second-order valence-corrected chi connectivity index (χ2v) is 5.69. The van der Waals surface area contributed by atoms with Crippen molar-refractivity contribution in [2.24, 2.45) is 10.9 Å². The molecule has 7 heteroatoms. The van der Waals surface area contributed by atoms with E-state index in [-0.39, 0.29) is 35.5 Å². The molecule has 1 N–H and O–H groups in total. The molecule has 1 saturated carbocycles. The molecule has 1 aliphatic carbocycles. The molecule has 1 aliphatic rings. The van der Waals surface area contributed by atoms with E-state index >= 15 is 0 Å². The first-order chi connectivity index (χ1) is 11.2. The first-order valence-corrected chi connectivity index (χ1v) is 8.07. The number of benzene rings is 1. The van der Waals surface area contributed by atoms with Crippen molar-refractivity contribution in [1.29, 1.82) is 0 Å². The van der Waals surface area contributed by atoms with E-state index in [0.717, 1.165) is 25.0 Å². The minimum atomic E-state index is -0.342. The molecule has 0 amide bonds. The van der Waals surface area contributed by atoms with Crippen LogP contribution in [0.4, 0.5) is 4.39 Å². The predicted octanol–water partition coefficient (Wildman–Crippen LogP) is 2.76. The number of ether oxygens (including phenoxy) is 2. The summed E-state index contributed by atoms with van der Waals surface area (Å²) in [5.74, 6) is 1.49. The van der Waals surface area contributed by atoms with Crippen molar-refractivity contribution in [2.45, 2.75) is 12.8 Å². The van der Waals surface area contributed by atoms with Gasteiger partial charge in [-0.05, 0) is 30.9 Å². The quantitative estimate of drug-likeness (QED) is 0.272. The maximum Gasteiger partial charge on any atom is 0.193 e. The summed E-state index contributed by atoms with van der Waals surface area (Å²) in [7, 11) is 3.66. The summed E-state index contributed by atoms with van der Waals surface area (Å²) in [6.07, 6.45) is 2.61. The number of nitrogens with zero attached hydrogens (tertiary/aromatic N) is 2. The summed E-state index contributed by atoms with van der Waals surface area (Å²) < 4.78 is 24.5. The van der Waals surface area contributed by atoms with Crippen LogP contribution in [0.5, 0.6) is 5.75 Å². The van der Waals surface area contributed by atoms with Gasteiger partial charge in [0.15, 0.2) is 17.5 Å². The molecule has 0 aliphatic heterocycles. The molecule has 0 heterocycles. The number of halogens is 2. The van der Waals surface area contributed by atoms with Crippen LogP contribution in [-0.4, -0.2) is 57.9 Å². The Bertz CT molecular complexity index is 512. The molecule has 2 rings (SSSR count). The lowest BCUT2D eigenvalue weighted by atomic mass is 10.3. The van der Waals surface area contributed by atoms with Gasteiger partial charge < -0.3 is 19.7 Å². The second kappa shape index (κ2) is 11.5. The van der Waals surface area contributed by atoms with Gasteiger partial charge in [-0.15, -0.1) is 24.0 Å². The van der Waals surface area contributed by atoms with E-state index in [1.54, 1.807) is 25.2 Å². The van der Waals surface area contributed by atoms with E-state index in [4.69, 9.17) is 9.47 Å². The Hall–Kier alpha value is -1.09. The summed E-state index contributed by atoms with van der Waals surface area (Å²) in [6.45, 7) is 3.26. The molecule has 0 saturated heterocycles. The lowest BCUT2D eigenvalue weighted by Gasteiger charge is -2.22. The van der Waals surface area contributed by atoms with Gasteiger partial charge in [0.05, 0.1) is 13.2 Å². The van der Waals surface area contributed by atoms with E-state index in [1.165, 1.54) is 18.9 Å². The maximum atomic E-state index is 13.5. The molecule has 136 valence electrons. The number of rotatable bonds is 9. The van der Waals surface area contributed by atoms with Crippen LogP contribution in [0.25, 0.3) is 0 Å². The smallest absolute Gasteiger partial charge is 0.193 e. The number of guanidine groups is 1. The summed E-state index contributed by atoms with van der Waals surface area (Å²) in [6, 6.07) is 6.41. The SMILES string of the molecule is CN=C(NCCOCC1CC1)N(C)CCOc1ccccc1F.I. The Morgan fingerprint density at radius 3 is 2.75 bits per heavy atom. The van der Waals surface area contributed by atoms with Crippen molar-refractivity contribution >= 4 is 29.9 Å². The average molecular weight is 451 g/mol. The van der Waals surface area contributed by atoms with Crippen molar-refractivity contribution in [3.05, 3.63) is 30.1 Å². The fourth-order valence-electron chi connectivity index (χ4n) is 2.11. The van der Waals surface area contributed by atoms with Crippen LogP contribution < -0.4 is 10.1 Å². The Labute approximate surface area is 160 Å². The lowest BCUT2D eigenvalue weighted by molar-refractivity contribution is 0.128. The van der Waals surface area contributed by atoms with Gasteiger partial charge in [0.1, 0.15) is 6.61 Å². The first kappa shape index (κ1) is 21.0. The fourth-order valence-corrected chi connectivity index (χ4v) is 2.11. The topological polar surface area (TPSA) is 46.1 Å². The predicted molar refractivity (Wildman–Crippen MR) is 105 cm³/mol. The minimum absolute atomic E-state index is 0. The van der Waals surface area contributed by atoms with E-state index in [9.17, 15) is 4.39 Å². The summed E-state index contributed by atoms with van der Waals surface area (Å²) in [5, 5.41) is 3.24. The molecule has 0 bridgehead atoms. The number of hydrogen-bond acceptors (Lipinski definition) is 3. The Kier molecular flexibility index (Phi) is 10.0. The van der Waals surface area contributed by atoms with Crippen LogP contribution >= 0.6 is 24.0 Å². The van der Waals surface area contributed by atoms with Gasteiger partial charge in [0.25, 0.3) is 0 Å². The monoisotopic (exact) mass is 451 g/mol. The molecule has 0 aromatic heterocycles. The van der Waals surface area contributed by atoms with Crippen LogP contribution in [0, 0.1) is 11.7 Å². The Morgan fingerprint density at radius 2 is 2.08 bits per heavy atom. The van der Waals surface area contributed by atoms with Crippen LogP contribution in [0.2, 0.25) is 0 Å².